The molecular formula is C13H12F3N3O. The Hall–Kier alpha value is -2.15. The van der Waals surface area contributed by atoms with Crippen molar-refractivity contribution in [3.63, 3.8) is 0 Å². The Morgan fingerprint density at radius 2 is 1.85 bits per heavy atom. The van der Waals surface area contributed by atoms with Crippen molar-refractivity contribution in [3.8, 4) is 5.69 Å². The van der Waals surface area contributed by atoms with Gasteiger partial charge < -0.3 is 5.73 Å². The number of aryl methyl sites for hydroxylation is 1. The number of rotatable bonds is 2. The zero-order chi connectivity index (χ0) is 14.9. The van der Waals surface area contributed by atoms with Gasteiger partial charge in [-0.25, -0.2) is 4.68 Å². The van der Waals surface area contributed by atoms with Gasteiger partial charge in [0.2, 0.25) is 5.43 Å². The van der Waals surface area contributed by atoms with Gasteiger partial charge in [0, 0.05) is 18.3 Å². The predicted molar refractivity (Wildman–Crippen MR) is 67.5 cm³/mol. The number of hydrogen-bond acceptors (Lipinski definition) is 3. The van der Waals surface area contributed by atoms with E-state index in [1.807, 2.05) is 0 Å². The fourth-order valence-corrected chi connectivity index (χ4v) is 1.78. The van der Waals surface area contributed by atoms with E-state index in [0.29, 0.717) is 11.4 Å². The van der Waals surface area contributed by atoms with Crippen LogP contribution >= 0.6 is 0 Å². The molecule has 0 aliphatic carbocycles. The lowest BCUT2D eigenvalue weighted by Gasteiger charge is -2.12. The Balaban J connectivity index is 2.49. The zero-order valence-electron chi connectivity index (χ0n) is 10.6. The average Bonchev–Trinajstić information content (AvgIpc) is 2.38. The van der Waals surface area contributed by atoms with Crippen LogP contribution in [0.3, 0.4) is 0 Å². The summed E-state index contributed by atoms with van der Waals surface area (Å²) in [5.74, 6) is 0. The molecule has 2 rings (SSSR count). The highest BCUT2D eigenvalue weighted by molar-refractivity contribution is 5.36. The standard InChI is InChI=1S/C13H12F3N3O/c1-8-6-12(20)11(7-17)18-19(8)10-4-2-9(3-5-10)13(14,15)16/h2-6H,7,17H2,1H3. The number of nitrogens with two attached hydrogens (primary N) is 1. The Bertz CT molecular complexity index is 675. The third-order valence-electron chi connectivity index (χ3n) is 2.81. The van der Waals surface area contributed by atoms with Crippen molar-refractivity contribution in [2.75, 3.05) is 0 Å². The maximum atomic E-state index is 12.5. The van der Waals surface area contributed by atoms with Crippen LogP contribution in [0.25, 0.3) is 5.69 Å². The summed E-state index contributed by atoms with van der Waals surface area (Å²) >= 11 is 0. The molecule has 1 aromatic carbocycles. The predicted octanol–water partition coefficient (Wildman–Crippen LogP) is 2.02. The third kappa shape index (κ3) is 2.72. The summed E-state index contributed by atoms with van der Waals surface area (Å²) < 4.78 is 38.9. The van der Waals surface area contributed by atoms with Gasteiger partial charge in [0.05, 0.1) is 11.3 Å². The molecule has 0 saturated heterocycles. The minimum absolute atomic E-state index is 0.0280. The molecular weight excluding hydrogens is 271 g/mol. The monoisotopic (exact) mass is 283 g/mol. The maximum absolute atomic E-state index is 12.5. The lowest BCUT2D eigenvalue weighted by molar-refractivity contribution is -0.137. The van der Waals surface area contributed by atoms with E-state index in [1.54, 1.807) is 6.92 Å². The summed E-state index contributed by atoms with van der Waals surface area (Å²) in [6.07, 6.45) is -4.38. The number of aromatic nitrogens is 2. The minimum Gasteiger partial charge on any atom is -0.325 e. The smallest absolute Gasteiger partial charge is 0.325 e. The molecule has 0 aliphatic heterocycles. The molecule has 2 aromatic rings. The highest BCUT2D eigenvalue weighted by Crippen LogP contribution is 2.29. The second kappa shape index (κ2) is 5.09. The van der Waals surface area contributed by atoms with Crippen molar-refractivity contribution in [2.45, 2.75) is 19.6 Å². The van der Waals surface area contributed by atoms with E-state index in [4.69, 9.17) is 5.73 Å². The molecule has 0 radical (unpaired) electrons. The van der Waals surface area contributed by atoms with Crippen molar-refractivity contribution >= 4 is 0 Å². The van der Waals surface area contributed by atoms with Gasteiger partial charge in [0.15, 0.2) is 0 Å². The summed E-state index contributed by atoms with van der Waals surface area (Å²) in [5.41, 5.74) is 5.50. The average molecular weight is 283 g/mol. The summed E-state index contributed by atoms with van der Waals surface area (Å²) in [4.78, 5) is 11.5. The molecule has 2 N–H and O–H groups in total. The van der Waals surface area contributed by atoms with Crippen LogP contribution in [0.2, 0.25) is 0 Å². The number of nitrogens with zero attached hydrogens (tertiary/aromatic N) is 2. The Kier molecular flexibility index (Phi) is 3.63. The Morgan fingerprint density at radius 1 is 1.25 bits per heavy atom. The topological polar surface area (TPSA) is 60.9 Å². The third-order valence-corrected chi connectivity index (χ3v) is 2.81. The first-order valence-electron chi connectivity index (χ1n) is 5.80. The second-order valence-electron chi connectivity index (χ2n) is 4.26. The van der Waals surface area contributed by atoms with Crippen LogP contribution in [0.1, 0.15) is 17.0 Å². The van der Waals surface area contributed by atoms with Crippen molar-refractivity contribution < 1.29 is 13.2 Å². The van der Waals surface area contributed by atoms with E-state index in [1.165, 1.54) is 22.9 Å². The molecule has 0 saturated carbocycles. The van der Waals surface area contributed by atoms with Gasteiger partial charge in [-0.15, -0.1) is 0 Å². The number of alkyl halides is 3. The van der Waals surface area contributed by atoms with Gasteiger partial charge in [-0.3, -0.25) is 4.79 Å². The molecule has 1 heterocycles. The molecule has 7 heteroatoms. The molecule has 0 fully saturated rings. The van der Waals surface area contributed by atoms with Crippen LogP contribution in [0.15, 0.2) is 35.1 Å². The van der Waals surface area contributed by atoms with Crippen LogP contribution in [0, 0.1) is 6.92 Å². The molecule has 0 bridgehead atoms. The largest absolute Gasteiger partial charge is 0.416 e. The van der Waals surface area contributed by atoms with Gasteiger partial charge in [-0.1, -0.05) is 0 Å². The first-order valence-corrected chi connectivity index (χ1v) is 5.80. The van der Waals surface area contributed by atoms with Crippen molar-refractivity contribution in [1.29, 1.82) is 0 Å². The summed E-state index contributed by atoms with van der Waals surface area (Å²) in [7, 11) is 0. The normalized spacial score (nSPS) is 11.7. The summed E-state index contributed by atoms with van der Waals surface area (Å²) in [6, 6.07) is 5.89. The molecule has 1 aromatic heterocycles. The quantitative estimate of drug-likeness (QED) is 0.917. The van der Waals surface area contributed by atoms with Crippen molar-refractivity contribution in [3.05, 3.63) is 57.5 Å². The minimum atomic E-state index is -4.38. The van der Waals surface area contributed by atoms with Crippen molar-refractivity contribution in [2.24, 2.45) is 5.73 Å². The lowest BCUT2D eigenvalue weighted by Crippen LogP contribution is -2.21. The molecule has 106 valence electrons. The Morgan fingerprint density at radius 3 is 2.35 bits per heavy atom. The number of hydrogen-bond donors (Lipinski definition) is 1. The molecule has 0 unspecified atom stereocenters. The van der Waals surface area contributed by atoms with Crippen LogP contribution in [-0.2, 0) is 12.7 Å². The van der Waals surface area contributed by atoms with E-state index in [0.717, 1.165) is 12.1 Å². The first kappa shape index (κ1) is 14.3. The van der Waals surface area contributed by atoms with Gasteiger partial charge in [0.1, 0.15) is 5.69 Å². The SMILES string of the molecule is Cc1cc(=O)c(CN)nn1-c1ccc(C(F)(F)F)cc1. The number of halogens is 3. The second-order valence-corrected chi connectivity index (χ2v) is 4.26. The summed E-state index contributed by atoms with van der Waals surface area (Å²) in [5, 5.41) is 4.05. The van der Waals surface area contributed by atoms with Gasteiger partial charge in [-0.2, -0.15) is 18.3 Å². The van der Waals surface area contributed by atoms with E-state index >= 15 is 0 Å². The molecule has 0 aliphatic rings. The Labute approximate surface area is 112 Å². The van der Waals surface area contributed by atoms with Gasteiger partial charge in [-0.05, 0) is 31.2 Å². The molecule has 0 spiro atoms. The van der Waals surface area contributed by atoms with Crippen LogP contribution in [-0.4, -0.2) is 9.78 Å². The number of benzene rings is 1. The fourth-order valence-electron chi connectivity index (χ4n) is 1.78. The van der Waals surface area contributed by atoms with Gasteiger partial charge in [0.25, 0.3) is 0 Å². The molecule has 0 amide bonds. The lowest BCUT2D eigenvalue weighted by atomic mass is 10.2. The van der Waals surface area contributed by atoms with E-state index < -0.39 is 11.7 Å². The van der Waals surface area contributed by atoms with Gasteiger partial charge >= 0.3 is 6.18 Å². The van der Waals surface area contributed by atoms with E-state index in [9.17, 15) is 18.0 Å². The molecule has 4 nitrogen and oxygen atoms in total. The fraction of sp³-hybridized carbons (Fsp3) is 0.231. The van der Waals surface area contributed by atoms with Crippen molar-refractivity contribution in [1.82, 2.24) is 9.78 Å². The molecule has 20 heavy (non-hydrogen) atoms. The maximum Gasteiger partial charge on any atom is 0.416 e. The zero-order valence-corrected chi connectivity index (χ0v) is 10.6. The highest BCUT2D eigenvalue weighted by atomic mass is 19.4. The first-order chi connectivity index (χ1) is 9.32. The molecule has 0 atom stereocenters. The van der Waals surface area contributed by atoms with Crippen LogP contribution < -0.4 is 11.2 Å². The van der Waals surface area contributed by atoms with Crippen LogP contribution in [0.5, 0.6) is 0 Å². The highest BCUT2D eigenvalue weighted by Gasteiger charge is 2.30. The van der Waals surface area contributed by atoms with E-state index in [-0.39, 0.29) is 17.7 Å². The van der Waals surface area contributed by atoms with E-state index in [2.05, 4.69) is 5.10 Å². The van der Waals surface area contributed by atoms with Crippen LogP contribution in [0.4, 0.5) is 13.2 Å². The summed E-state index contributed by atoms with van der Waals surface area (Å²) in [6.45, 7) is 1.62.